The van der Waals surface area contributed by atoms with Crippen molar-refractivity contribution in [2.24, 2.45) is 5.92 Å². The smallest absolute Gasteiger partial charge is 0.337 e. The van der Waals surface area contributed by atoms with E-state index in [9.17, 15) is 9.90 Å². The molecule has 1 saturated carbocycles. The summed E-state index contributed by atoms with van der Waals surface area (Å²) in [6.45, 7) is 0.989. The van der Waals surface area contributed by atoms with Crippen LogP contribution in [0, 0.1) is 5.92 Å². The fourth-order valence-electron chi connectivity index (χ4n) is 3.32. The predicted molar refractivity (Wildman–Crippen MR) is 83.9 cm³/mol. The topological polar surface area (TPSA) is 53.4 Å². The number of hydrogen-bond donors (Lipinski definition) is 1. The maximum atomic E-state index is 11.3. The van der Waals surface area contributed by atoms with E-state index in [1.807, 2.05) is 31.3 Å². The number of pyridine rings is 1. The van der Waals surface area contributed by atoms with Crippen LogP contribution < -0.4 is 4.90 Å². The van der Waals surface area contributed by atoms with E-state index in [1.165, 1.54) is 31.9 Å². The van der Waals surface area contributed by atoms with Crippen molar-refractivity contribution in [1.29, 1.82) is 0 Å². The quantitative estimate of drug-likeness (QED) is 0.932. The Morgan fingerprint density at radius 2 is 1.95 bits per heavy atom. The first-order chi connectivity index (χ1) is 10.2. The second-order valence-corrected chi connectivity index (χ2v) is 5.88. The Balaban J connectivity index is 1.98. The maximum absolute atomic E-state index is 11.3. The van der Waals surface area contributed by atoms with Crippen LogP contribution in [0.15, 0.2) is 30.5 Å². The predicted octanol–water partition coefficient (Wildman–Crippen LogP) is 3.56. The second kappa shape index (κ2) is 5.72. The highest BCUT2D eigenvalue weighted by molar-refractivity contribution is 6.06. The van der Waals surface area contributed by atoms with Crippen LogP contribution >= 0.6 is 0 Å². The molecule has 0 atom stereocenters. The molecule has 1 N–H and O–H groups in total. The molecule has 0 aliphatic heterocycles. The Morgan fingerprint density at radius 3 is 2.62 bits per heavy atom. The highest BCUT2D eigenvalue weighted by Crippen LogP contribution is 2.30. The van der Waals surface area contributed by atoms with Crippen molar-refractivity contribution in [3.63, 3.8) is 0 Å². The number of carbonyl (C=O) groups is 1. The highest BCUT2D eigenvalue weighted by atomic mass is 16.4. The minimum atomic E-state index is -0.927. The molecule has 0 unspecified atom stereocenters. The zero-order valence-electron chi connectivity index (χ0n) is 12.2. The van der Waals surface area contributed by atoms with Gasteiger partial charge in [0, 0.05) is 30.6 Å². The molecular weight excluding hydrogens is 264 g/mol. The van der Waals surface area contributed by atoms with E-state index in [0.29, 0.717) is 0 Å². The molecule has 0 bridgehead atoms. The minimum Gasteiger partial charge on any atom is -0.478 e. The monoisotopic (exact) mass is 284 g/mol. The van der Waals surface area contributed by atoms with E-state index in [2.05, 4.69) is 9.88 Å². The van der Waals surface area contributed by atoms with Gasteiger partial charge in [-0.3, -0.25) is 0 Å². The Kier molecular flexibility index (Phi) is 3.78. The molecule has 4 heteroatoms. The van der Waals surface area contributed by atoms with E-state index < -0.39 is 5.97 Å². The number of fused-ring (bicyclic) bond motifs is 1. The van der Waals surface area contributed by atoms with Gasteiger partial charge in [0.25, 0.3) is 0 Å². The van der Waals surface area contributed by atoms with Crippen LogP contribution in [0.5, 0.6) is 0 Å². The summed E-state index contributed by atoms with van der Waals surface area (Å²) in [5.74, 6) is 0.681. The molecular formula is C17H20N2O2. The average Bonchev–Trinajstić information content (AvgIpc) is 2.98. The molecule has 0 spiro atoms. The molecule has 1 aliphatic carbocycles. The van der Waals surface area contributed by atoms with Crippen LogP contribution in [-0.4, -0.2) is 29.7 Å². The van der Waals surface area contributed by atoms with Gasteiger partial charge in [0.15, 0.2) is 0 Å². The van der Waals surface area contributed by atoms with Gasteiger partial charge in [0.05, 0.1) is 5.56 Å². The molecule has 1 heterocycles. The summed E-state index contributed by atoms with van der Waals surface area (Å²) < 4.78 is 0. The normalized spacial score (nSPS) is 15.5. The lowest BCUT2D eigenvalue weighted by Crippen LogP contribution is -2.25. The Labute approximate surface area is 124 Å². The summed E-state index contributed by atoms with van der Waals surface area (Å²) in [7, 11) is 2.05. The van der Waals surface area contributed by atoms with Gasteiger partial charge in [0.2, 0.25) is 0 Å². The van der Waals surface area contributed by atoms with Crippen LogP contribution in [0.3, 0.4) is 0 Å². The molecule has 2 aromatic rings. The fraction of sp³-hybridized carbons (Fsp3) is 0.412. The van der Waals surface area contributed by atoms with E-state index in [1.54, 1.807) is 0 Å². The van der Waals surface area contributed by atoms with Gasteiger partial charge in [-0.25, -0.2) is 9.78 Å². The van der Waals surface area contributed by atoms with Crippen molar-refractivity contribution < 1.29 is 9.90 Å². The fourth-order valence-corrected chi connectivity index (χ4v) is 3.32. The standard InChI is InChI=1S/C17H20N2O2/c1-19(11-12-6-2-3-7-12)16-14-9-5-4-8-13(14)15(10-18-16)17(20)21/h4-5,8-10,12H,2-3,6-7,11H2,1H3,(H,20,21). The summed E-state index contributed by atoms with van der Waals surface area (Å²) >= 11 is 0. The first kappa shape index (κ1) is 13.9. The molecule has 1 aromatic heterocycles. The minimum absolute atomic E-state index is 0.267. The van der Waals surface area contributed by atoms with Crippen molar-refractivity contribution in [3.8, 4) is 0 Å². The first-order valence-electron chi connectivity index (χ1n) is 7.49. The molecule has 0 saturated heterocycles. The van der Waals surface area contributed by atoms with Crippen LogP contribution in [0.25, 0.3) is 10.8 Å². The van der Waals surface area contributed by atoms with Crippen LogP contribution in [0.4, 0.5) is 5.82 Å². The third-order valence-electron chi connectivity index (χ3n) is 4.37. The first-order valence-corrected chi connectivity index (χ1v) is 7.49. The number of rotatable bonds is 4. The van der Waals surface area contributed by atoms with Gasteiger partial charge in [0.1, 0.15) is 5.82 Å². The summed E-state index contributed by atoms with van der Waals surface area (Å²) in [6.07, 6.45) is 6.70. The largest absolute Gasteiger partial charge is 0.478 e. The molecule has 1 fully saturated rings. The maximum Gasteiger partial charge on any atom is 0.337 e. The van der Waals surface area contributed by atoms with Crippen molar-refractivity contribution in [1.82, 2.24) is 4.98 Å². The molecule has 110 valence electrons. The lowest BCUT2D eigenvalue weighted by molar-refractivity contribution is 0.0698. The van der Waals surface area contributed by atoms with Crippen molar-refractivity contribution in [3.05, 3.63) is 36.0 Å². The number of aromatic nitrogens is 1. The molecule has 21 heavy (non-hydrogen) atoms. The van der Waals surface area contributed by atoms with Gasteiger partial charge < -0.3 is 10.0 Å². The number of aromatic carboxylic acids is 1. The highest BCUT2D eigenvalue weighted by Gasteiger charge is 2.20. The lowest BCUT2D eigenvalue weighted by Gasteiger charge is -2.23. The molecule has 3 rings (SSSR count). The zero-order chi connectivity index (χ0) is 14.8. The summed E-state index contributed by atoms with van der Waals surface area (Å²) in [6, 6.07) is 7.61. The van der Waals surface area contributed by atoms with Crippen LogP contribution in [0.2, 0.25) is 0 Å². The van der Waals surface area contributed by atoms with E-state index in [-0.39, 0.29) is 5.56 Å². The zero-order valence-corrected chi connectivity index (χ0v) is 12.2. The molecule has 4 nitrogen and oxygen atoms in total. The number of carboxylic acid groups (broad SMARTS) is 1. The Morgan fingerprint density at radius 1 is 1.29 bits per heavy atom. The molecule has 0 radical (unpaired) electrons. The van der Waals surface area contributed by atoms with Gasteiger partial charge in [-0.05, 0) is 18.8 Å². The Hall–Kier alpha value is -2.10. The number of carboxylic acids is 1. The lowest BCUT2D eigenvalue weighted by atomic mass is 10.1. The number of nitrogens with zero attached hydrogens (tertiary/aromatic N) is 2. The SMILES string of the molecule is CN(CC1CCCC1)c1ncc(C(=O)O)c2ccccc12. The number of benzene rings is 1. The third kappa shape index (κ3) is 2.71. The van der Waals surface area contributed by atoms with Crippen LogP contribution in [-0.2, 0) is 0 Å². The van der Waals surface area contributed by atoms with Gasteiger partial charge >= 0.3 is 5.97 Å². The van der Waals surface area contributed by atoms with Gasteiger partial charge in [-0.2, -0.15) is 0 Å². The van der Waals surface area contributed by atoms with Crippen molar-refractivity contribution in [2.75, 3.05) is 18.5 Å². The third-order valence-corrected chi connectivity index (χ3v) is 4.37. The second-order valence-electron chi connectivity index (χ2n) is 5.88. The van der Waals surface area contributed by atoms with Crippen molar-refractivity contribution >= 4 is 22.6 Å². The average molecular weight is 284 g/mol. The summed E-state index contributed by atoms with van der Waals surface area (Å²) in [4.78, 5) is 17.9. The Bertz CT molecular complexity index is 663. The molecule has 0 amide bonds. The molecule has 1 aromatic carbocycles. The van der Waals surface area contributed by atoms with E-state index >= 15 is 0 Å². The van der Waals surface area contributed by atoms with Gasteiger partial charge in [-0.15, -0.1) is 0 Å². The number of hydrogen-bond acceptors (Lipinski definition) is 3. The molecule has 1 aliphatic rings. The van der Waals surface area contributed by atoms with Gasteiger partial charge in [-0.1, -0.05) is 37.1 Å². The summed E-state index contributed by atoms with van der Waals surface area (Å²) in [5, 5.41) is 11.0. The summed E-state index contributed by atoms with van der Waals surface area (Å²) in [5.41, 5.74) is 0.267. The van der Waals surface area contributed by atoms with Crippen LogP contribution in [0.1, 0.15) is 36.0 Å². The number of anilines is 1. The van der Waals surface area contributed by atoms with E-state index in [0.717, 1.165) is 29.1 Å². The van der Waals surface area contributed by atoms with Crippen molar-refractivity contribution in [2.45, 2.75) is 25.7 Å². The van der Waals surface area contributed by atoms with E-state index in [4.69, 9.17) is 0 Å².